The van der Waals surface area contributed by atoms with Crippen LogP contribution in [0.4, 0.5) is 5.82 Å². The average Bonchev–Trinajstić information content (AvgIpc) is 3.24. The lowest BCUT2D eigenvalue weighted by Gasteiger charge is -2.18. The number of aliphatic hydroxyl groups excluding tert-OH is 1. The van der Waals surface area contributed by atoms with E-state index in [4.69, 9.17) is 17.0 Å². The topological polar surface area (TPSA) is 102 Å². The van der Waals surface area contributed by atoms with Gasteiger partial charge in [-0.2, -0.15) is 0 Å². The number of aromatic nitrogens is 2. The smallest absolute Gasteiger partial charge is 0.242 e. The van der Waals surface area contributed by atoms with Crippen molar-refractivity contribution in [2.75, 3.05) is 25.0 Å². The highest BCUT2D eigenvalue weighted by Crippen LogP contribution is 2.33. The number of rotatable bonds is 6. The summed E-state index contributed by atoms with van der Waals surface area (Å²) in [6.45, 7) is 0.817. The van der Waals surface area contributed by atoms with Crippen molar-refractivity contribution in [1.29, 1.82) is 5.41 Å². The van der Waals surface area contributed by atoms with E-state index in [-0.39, 0.29) is 24.0 Å². The Morgan fingerprint density at radius 1 is 1.13 bits per heavy atom. The number of carbonyl (C=O) groups excluding carboxylic acids is 1. The molecule has 0 bridgehead atoms. The van der Waals surface area contributed by atoms with Gasteiger partial charge in [-0.3, -0.25) is 10.2 Å². The standard InChI is InChI=1S/C23H22ClN5O2/c24-20-19(21(25)15-7-3-1-4-8-15)23(26-13-18(31)29-12-11-17(30)14-29)28-27-22(20)16-9-5-2-6-10-16/h1-10,17,25,30H,11-14H2,(H,26,28). The third-order valence-corrected chi connectivity index (χ3v) is 5.57. The highest BCUT2D eigenvalue weighted by Gasteiger charge is 2.26. The Hall–Kier alpha value is -3.29. The first-order chi connectivity index (χ1) is 15.0. The lowest BCUT2D eigenvalue weighted by atomic mass is 10.0. The maximum atomic E-state index is 12.5. The number of likely N-dealkylation sites (tertiary alicyclic amines) is 1. The molecule has 1 fully saturated rings. The van der Waals surface area contributed by atoms with E-state index >= 15 is 0 Å². The van der Waals surface area contributed by atoms with Crippen LogP contribution in [0.15, 0.2) is 60.7 Å². The van der Waals surface area contributed by atoms with Gasteiger partial charge in [0.2, 0.25) is 5.91 Å². The summed E-state index contributed by atoms with van der Waals surface area (Å²) in [7, 11) is 0. The Labute approximate surface area is 185 Å². The molecule has 7 nitrogen and oxygen atoms in total. The van der Waals surface area contributed by atoms with Gasteiger partial charge in [-0.15, -0.1) is 10.2 Å². The summed E-state index contributed by atoms with van der Waals surface area (Å²) in [5, 5.41) is 30.3. The summed E-state index contributed by atoms with van der Waals surface area (Å²) >= 11 is 6.74. The molecule has 0 spiro atoms. The molecule has 0 aliphatic carbocycles. The van der Waals surface area contributed by atoms with Gasteiger partial charge < -0.3 is 15.3 Å². The monoisotopic (exact) mass is 435 g/mol. The zero-order valence-electron chi connectivity index (χ0n) is 16.8. The first-order valence-corrected chi connectivity index (χ1v) is 10.4. The predicted molar refractivity (Wildman–Crippen MR) is 121 cm³/mol. The quantitative estimate of drug-likeness (QED) is 0.516. The molecule has 1 unspecified atom stereocenters. The van der Waals surface area contributed by atoms with Gasteiger partial charge in [0.25, 0.3) is 0 Å². The molecule has 3 aromatic rings. The Kier molecular flexibility index (Phi) is 6.25. The average molecular weight is 436 g/mol. The first-order valence-electron chi connectivity index (χ1n) is 10.00. The third-order valence-electron chi connectivity index (χ3n) is 5.20. The van der Waals surface area contributed by atoms with Crippen molar-refractivity contribution in [3.63, 3.8) is 0 Å². The molecular weight excluding hydrogens is 414 g/mol. The van der Waals surface area contributed by atoms with Crippen LogP contribution >= 0.6 is 11.6 Å². The fourth-order valence-corrected chi connectivity index (χ4v) is 3.87. The fraction of sp³-hybridized carbons (Fsp3) is 0.217. The number of nitrogens with one attached hydrogen (secondary N) is 2. The Balaban J connectivity index is 1.68. The molecule has 1 aromatic heterocycles. The van der Waals surface area contributed by atoms with Gasteiger partial charge in [0.05, 0.1) is 28.9 Å². The van der Waals surface area contributed by atoms with Crippen molar-refractivity contribution in [2.45, 2.75) is 12.5 Å². The van der Waals surface area contributed by atoms with E-state index in [1.54, 1.807) is 4.90 Å². The van der Waals surface area contributed by atoms with Gasteiger partial charge in [0.1, 0.15) is 5.69 Å². The van der Waals surface area contributed by atoms with E-state index in [0.717, 1.165) is 5.56 Å². The second kappa shape index (κ2) is 9.24. The van der Waals surface area contributed by atoms with E-state index in [2.05, 4.69) is 15.5 Å². The normalized spacial score (nSPS) is 15.7. The van der Waals surface area contributed by atoms with Crippen LogP contribution in [0.25, 0.3) is 11.3 Å². The maximum Gasteiger partial charge on any atom is 0.242 e. The number of carbonyl (C=O) groups is 1. The van der Waals surface area contributed by atoms with Crippen LogP contribution in [-0.2, 0) is 4.79 Å². The molecule has 0 saturated carbocycles. The van der Waals surface area contributed by atoms with E-state index < -0.39 is 6.10 Å². The van der Waals surface area contributed by atoms with Crippen molar-refractivity contribution < 1.29 is 9.90 Å². The largest absolute Gasteiger partial charge is 0.391 e. The molecule has 2 heterocycles. The molecule has 1 amide bonds. The van der Waals surface area contributed by atoms with Crippen LogP contribution in [0.3, 0.4) is 0 Å². The number of aliphatic hydroxyl groups is 1. The van der Waals surface area contributed by atoms with Crippen LogP contribution in [0, 0.1) is 5.41 Å². The molecular formula is C23H22ClN5O2. The third kappa shape index (κ3) is 4.57. The molecule has 3 N–H and O–H groups in total. The summed E-state index contributed by atoms with van der Waals surface area (Å²) in [4.78, 5) is 14.1. The number of benzene rings is 2. The number of anilines is 1. The SMILES string of the molecule is N=C(c1ccccc1)c1c(NCC(=O)N2CCC(O)C2)nnc(-c2ccccc2)c1Cl. The van der Waals surface area contributed by atoms with E-state index in [9.17, 15) is 9.90 Å². The zero-order chi connectivity index (χ0) is 21.8. The van der Waals surface area contributed by atoms with Gasteiger partial charge in [-0.1, -0.05) is 72.3 Å². The molecule has 1 aliphatic rings. The summed E-state index contributed by atoms with van der Waals surface area (Å²) in [6, 6.07) is 18.6. The maximum absolute atomic E-state index is 12.5. The first kappa shape index (κ1) is 21.0. The number of amides is 1. The predicted octanol–water partition coefficient (Wildman–Crippen LogP) is 3.22. The van der Waals surface area contributed by atoms with Crippen molar-refractivity contribution in [3.8, 4) is 11.3 Å². The fourth-order valence-electron chi connectivity index (χ4n) is 3.54. The molecule has 158 valence electrons. The van der Waals surface area contributed by atoms with Crippen LogP contribution in [-0.4, -0.2) is 57.6 Å². The lowest BCUT2D eigenvalue weighted by molar-refractivity contribution is -0.128. The Bertz CT molecular complexity index is 1090. The highest BCUT2D eigenvalue weighted by atomic mass is 35.5. The van der Waals surface area contributed by atoms with Crippen LogP contribution in [0.1, 0.15) is 17.5 Å². The Morgan fingerprint density at radius 2 is 1.81 bits per heavy atom. The highest BCUT2D eigenvalue weighted by molar-refractivity contribution is 6.38. The summed E-state index contributed by atoms with van der Waals surface area (Å²) < 4.78 is 0. The number of halogens is 1. The van der Waals surface area contributed by atoms with E-state index in [1.165, 1.54) is 0 Å². The molecule has 1 saturated heterocycles. The molecule has 1 aliphatic heterocycles. The minimum Gasteiger partial charge on any atom is -0.391 e. The molecule has 2 aromatic carbocycles. The van der Waals surface area contributed by atoms with Gasteiger partial charge in [-0.05, 0) is 6.42 Å². The Morgan fingerprint density at radius 3 is 2.45 bits per heavy atom. The number of nitrogens with zero attached hydrogens (tertiary/aromatic N) is 3. The van der Waals surface area contributed by atoms with Crippen molar-refractivity contribution in [2.24, 2.45) is 0 Å². The minimum absolute atomic E-state index is 0.0303. The summed E-state index contributed by atoms with van der Waals surface area (Å²) in [5.74, 6) is 0.116. The molecule has 0 radical (unpaired) electrons. The second-order valence-corrected chi connectivity index (χ2v) is 7.71. The molecule has 8 heteroatoms. The number of hydrogen-bond acceptors (Lipinski definition) is 6. The summed E-state index contributed by atoms with van der Waals surface area (Å²) in [6.07, 6.45) is 0.0951. The zero-order valence-corrected chi connectivity index (χ0v) is 17.5. The van der Waals surface area contributed by atoms with E-state index in [0.29, 0.717) is 41.4 Å². The van der Waals surface area contributed by atoms with Crippen LogP contribution in [0.5, 0.6) is 0 Å². The van der Waals surface area contributed by atoms with Gasteiger partial charge >= 0.3 is 0 Å². The van der Waals surface area contributed by atoms with Gasteiger partial charge in [-0.25, -0.2) is 0 Å². The van der Waals surface area contributed by atoms with Crippen molar-refractivity contribution >= 4 is 29.0 Å². The van der Waals surface area contributed by atoms with E-state index in [1.807, 2.05) is 60.7 Å². The molecule has 4 rings (SSSR count). The summed E-state index contributed by atoms with van der Waals surface area (Å²) in [5.41, 5.74) is 2.50. The number of β-amino-alcohol motifs (C(OH)–C–C–N with tert-alkyl or cyclic N) is 1. The van der Waals surface area contributed by atoms with Crippen LogP contribution in [0.2, 0.25) is 5.02 Å². The van der Waals surface area contributed by atoms with Gasteiger partial charge in [0, 0.05) is 24.2 Å². The second-order valence-electron chi connectivity index (χ2n) is 7.33. The minimum atomic E-state index is -0.481. The van der Waals surface area contributed by atoms with Crippen LogP contribution < -0.4 is 5.32 Å². The lowest BCUT2D eigenvalue weighted by Crippen LogP contribution is -2.34. The molecule has 31 heavy (non-hydrogen) atoms. The molecule has 1 atom stereocenters. The number of hydrogen-bond donors (Lipinski definition) is 3. The van der Waals surface area contributed by atoms with Crippen molar-refractivity contribution in [1.82, 2.24) is 15.1 Å². The van der Waals surface area contributed by atoms with Crippen molar-refractivity contribution in [3.05, 3.63) is 76.8 Å². The van der Waals surface area contributed by atoms with Gasteiger partial charge in [0.15, 0.2) is 5.82 Å².